The zero-order valence-corrected chi connectivity index (χ0v) is 17.8. The largest absolute Gasteiger partial charge is 0.310 e. The van der Waals surface area contributed by atoms with Crippen molar-refractivity contribution in [2.45, 2.75) is 0 Å². The Kier molecular flexibility index (Phi) is 2.54. The van der Waals surface area contributed by atoms with E-state index in [0.717, 1.165) is 10.8 Å². The van der Waals surface area contributed by atoms with Gasteiger partial charge in [-0.3, -0.25) is 0 Å². The maximum Gasteiger partial charge on any atom is 0.0645 e. The standard InChI is InChI=1S/C32H22N2/c1-3-11-25(12-4-1)33-27-19-17-24-10-8-16-32(30(24)21-27)34(26-13-5-2-6-14-26)28-20-18-23-9-7-15-31(33)29(23)22-28/h1-22H/i1D,2D,3D,4D,5D,6D,11D,12D,13D,14D. The van der Waals surface area contributed by atoms with Crippen LogP contribution in [0.25, 0.3) is 55.0 Å². The van der Waals surface area contributed by atoms with Crippen LogP contribution < -0.4 is 0 Å². The summed E-state index contributed by atoms with van der Waals surface area (Å²) in [7, 11) is 0. The highest BCUT2D eigenvalue weighted by atomic mass is 15.0. The van der Waals surface area contributed by atoms with E-state index in [9.17, 15) is 0 Å². The van der Waals surface area contributed by atoms with Crippen LogP contribution in [-0.2, 0) is 0 Å². The summed E-state index contributed by atoms with van der Waals surface area (Å²) >= 11 is 0. The summed E-state index contributed by atoms with van der Waals surface area (Å²) in [5.41, 5.74) is 2.11. The van der Waals surface area contributed by atoms with Gasteiger partial charge in [-0.1, -0.05) is 72.7 Å². The van der Waals surface area contributed by atoms with Gasteiger partial charge in [-0.15, -0.1) is 0 Å². The third-order valence-corrected chi connectivity index (χ3v) is 6.10. The Bertz CT molecular complexity index is 2180. The summed E-state index contributed by atoms with van der Waals surface area (Å²) in [4.78, 5) is 0. The predicted molar refractivity (Wildman–Crippen MR) is 144 cm³/mol. The molecule has 0 radical (unpaired) electrons. The van der Waals surface area contributed by atoms with Crippen LogP contribution in [0.15, 0.2) is 133 Å². The van der Waals surface area contributed by atoms with E-state index < -0.39 is 36.3 Å². The molecule has 7 aromatic rings. The highest BCUT2D eigenvalue weighted by Crippen LogP contribution is 2.31. The summed E-state index contributed by atoms with van der Waals surface area (Å²) in [5.74, 6) is 0. The lowest BCUT2D eigenvalue weighted by Gasteiger charge is -2.18. The Morgan fingerprint density at radius 3 is 1.35 bits per heavy atom. The molecule has 0 fully saturated rings. The van der Waals surface area contributed by atoms with E-state index in [-0.39, 0.29) is 35.5 Å². The highest BCUT2D eigenvalue weighted by Gasteiger charge is 2.10. The Morgan fingerprint density at radius 2 is 0.912 bits per heavy atom. The topological polar surface area (TPSA) is 9.86 Å². The monoisotopic (exact) mass is 444 g/mol. The lowest BCUT2D eigenvalue weighted by molar-refractivity contribution is 1.15. The zero-order valence-electron chi connectivity index (χ0n) is 27.8. The first-order valence-corrected chi connectivity index (χ1v) is 10.8. The number of hydrogen-bond donors (Lipinski definition) is 0. The Balaban J connectivity index is 1.81. The molecule has 0 aliphatic heterocycles. The van der Waals surface area contributed by atoms with Gasteiger partial charge in [0.15, 0.2) is 0 Å². The molecule has 0 atom stereocenters. The molecular weight excluding hydrogens is 412 g/mol. The first kappa shape index (κ1) is 11.5. The van der Waals surface area contributed by atoms with Crippen molar-refractivity contribution in [1.29, 1.82) is 0 Å². The van der Waals surface area contributed by atoms with Gasteiger partial charge in [0.1, 0.15) is 0 Å². The second-order valence-corrected chi connectivity index (χ2v) is 7.98. The summed E-state index contributed by atoms with van der Waals surface area (Å²) in [6, 6.07) is 17.8. The number of fused-ring (bicyclic) bond motifs is 2. The maximum atomic E-state index is 8.82. The molecule has 6 aromatic carbocycles. The molecule has 7 rings (SSSR count). The number of para-hydroxylation sites is 2. The van der Waals surface area contributed by atoms with Gasteiger partial charge in [0.2, 0.25) is 0 Å². The third kappa shape index (κ3) is 2.89. The fourth-order valence-electron chi connectivity index (χ4n) is 4.64. The fraction of sp³-hybridized carbons (Fsp3) is 0. The molecule has 0 aliphatic rings. The molecule has 0 amide bonds. The first-order chi connectivity index (χ1) is 21.0. The number of benzene rings is 6. The lowest BCUT2D eigenvalue weighted by Crippen LogP contribution is -2.01. The van der Waals surface area contributed by atoms with Gasteiger partial charge < -0.3 is 9.13 Å². The van der Waals surface area contributed by atoms with E-state index in [2.05, 4.69) is 0 Å². The van der Waals surface area contributed by atoms with Crippen molar-refractivity contribution >= 4 is 43.6 Å². The van der Waals surface area contributed by atoms with Crippen molar-refractivity contribution < 1.29 is 13.7 Å². The van der Waals surface area contributed by atoms with Crippen LogP contribution in [0.1, 0.15) is 13.7 Å². The van der Waals surface area contributed by atoms with Crippen LogP contribution >= 0.6 is 0 Å². The van der Waals surface area contributed by atoms with Crippen molar-refractivity contribution in [3.63, 3.8) is 0 Å². The lowest BCUT2D eigenvalue weighted by atomic mass is 10.1. The van der Waals surface area contributed by atoms with Crippen LogP contribution in [0.4, 0.5) is 0 Å². The van der Waals surface area contributed by atoms with Crippen LogP contribution in [0, 0.1) is 0 Å². The van der Waals surface area contributed by atoms with E-state index >= 15 is 0 Å². The third-order valence-electron chi connectivity index (χ3n) is 6.10. The van der Waals surface area contributed by atoms with E-state index in [0.29, 0.717) is 32.8 Å². The van der Waals surface area contributed by atoms with Crippen molar-refractivity contribution in [3.05, 3.63) is 133 Å². The molecule has 0 unspecified atom stereocenters. The zero-order chi connectivity index (χ0) is 31.2. The van der Waals surface area contributed by atoms with Crippen molar-refractivity contribution in [1.82, 2.24) is 9.13 Å². The number of aromatic nitrogens is 2. The number of hydrogen-bond acceptors (Lipinski definition) is 0. The molecule has 34 heavy (non-hydrogen) atoms. The van der Waals surface area contributed by atoms with Crippen LogP contribution in [-0.4, -0.2) is 9.13 Å². The summed E-state index contributed by atoms with van der Waals surface area (Å²) in [5, 5.41) is 2.90. The van der Waals surface area contributed by atoms with Gasteiger partial charge in [-0.2, -0.15) is 0 Å². The van der Waals surface area contributed by atoms with Crippen molar-refractivity contribution in [2.24, 2.45) is 0 Å². The van der Waals surface area contributed by atoms with E-state index in [1.165, 1.54) is 0 Å². The van der Waals surface area contributed by atoms with Gasteiger partial charge in [-0.05, 0) is 71.3 Å². The van der Waals surface area contributed by atoms with Crippen molar-refractivity contribution in [2.75, 3.05) is 0 Å². The molecule has 4 bridgehead atoms. The Hall–Kier alpha value is -4.56. The van der Waals surface area contributed by atoms with Gasteiger partial charge >= 0.3 is 0 Å². The molecule has 0 N–H and O–H groups in total. The van der Waals surface area contributed by atoms with Crippen molar-refractivity contribution in [3.8, 4) is 11.4 Å². The van der Waals surface area contributed by atoms with Crippen LogP contribution in [0.2, 0.25) is 0 Å². The van der Waals surface area contributed by atoms with Crippen LogP contribution in [0.5, 0.6) is 0 Å². The average Bonchev–Trinajstić information content (AvgIpc) is 3.04. The molecule has 2 nitrogen and oxygen atoms in total. The Labute approximate surface area is 211 Å². The molecule has 0 spiro atoms. The van der Waals surface area contributed by atoms with Crippen LogP contribution in [0.3, 0.4) is 0 Å². The Morgan fingerprint density at radius 1 is 0.471 bits per heavy atom. The molecule has 160 valence electrons. The molecule has 0 aliphatic carbocycles. The summed E-state index contributed by atoms with van der Waals surface area (Å²) in [6.07, 6.45) is 0. The molecule has 1 aromatic heterocycles. The SMILES string of the molecule is [2H]c1c([2H])c([2H])c(-n2c3ccc4cccc(c4c3)n(-c3c([2H])c([2H])c([2H])c([2H])c3[2H])c3ccc4cccc2c4c3)c([2H])c1[2H]. The van der Waals surface area contributed by atoms with E-state index in [4.69, 9.17) is 13.7 Å². The normalized spacial score (nSPS) is 15.6. The average molecular weight is 445 g/mol. The van der Waals surface area contributed by atoms with Gasteiger partial charge in [0.25, 0.3) is 0 Å². The van der Waals surface area contributed by atoms with E-state index in [1.807, 2.05) is 60.7 Å². The molecular formula is C32H22N2. The summed E-state index contributed by atoms with van der Waals surface area (Å²) < 4.78 is 88.5. The highest BCUT2D eigenvalue weighted by molar-refractivity contribution is 6.04. The summed E-state index contributed by atoms with van der Waals surface area (Å²) in [6.45, 7) is 0. The first-order valence-electron chi connectivity index (χ1n) is 15.8. The molecule has 1 heterocycles. The molecule has 0 saturated heterocycles. The quantitative estimate of drug-likeness (QED) is 0.253. The molecule has 0 saturated carbocycles. The van der Waals surface area contributed by atoms with Gasteiger partial charge in [0, 0.05) is 33.2 Å². The smallest absolute Gasteiger partial charge is 0.0645 e. The predicted octanol–water partition coefficient (Wildman–Crippen LogP) is 8.44. The van der Waals surface area contributed by atoms with E-state index in [1.54, 1.807) is 21.3 Å². The number of rotatable bonds is 2. The maximum absolute atomic E-state index is 8.82. The second kappa shape index (κ2) is 7.50. The minimum absolute atomic E-state index is 0.00576. The minimum atomic E-state index is -0.486. The molecule has 2 heteroatoms. The number of nitrogens with zero attached hydrogens (tertiary/aromatic N) is 2. The minimum Gasteiger partial charge on any atom is -0.310 e. The van der Waals surface area contributed by atoms with Gasteiger partial charge in [0.05, 0.1) is 24.7 Å². The van der Waals surface area contributed by atoms with Gasteiger partial charge in [-0.25, -0.2) is 0 Å². The fourth-order valence-corrected chi connectivity index (χ4v) is 4.64. The second-order valence-electron chi connectivity index (χ2n) is 7.98.